The highest BCUT2D eigenvalue weighted by molar-refractivity contribution is 7.89. The Morgan fingerprint density at radius 2 is 2.05 bits per heavy atom. The lowest BCUT2D eigenvalue weighted by Gasteiger charge is -2.23. The summed E-state index contributed by atoms with van der Waals surface area (Å²) in [5, 5.41) is 10.7. The van der Waals surface area contributed by atoms with Gasteiger partial charge in [-0.1, -0.05) is 12.8 Å². The first-order valence-corrected chi connectivity index (χ1v) is 8.81. The second-order valence-corrected chi connectivity index (χ2v) is 7.40. The van der Waals surface area contributed by atoms with Crippen LogP contribution in [0.3, 0.4) is 0 Å². The fourth-order valence-electron chi connectivity index (χ4n) is 3.01. The molecule has 8 heteroatoms. The van der Waals surface area contributed by atoms with E-state index in [-0.39, 0.29) is 29.1 Å². The van der Waals surface area contributed by atoms with Gasteiger partial charge in [-0.25, -0.2) is 13.1 Å². The number of hydrogen-bond donors (Lipinski definition) is 2. The summed E-state index contributed by atoms with van der Waals surface area (Å²) in [5.41, 5.74) is 5.95. The molecule has 0 aromatic heterocycles. The standard InChI is InChI=1S/C14H21N3O4S/c1-10-8-12(17(18)19)6-7-14(10)22(20,21)16-13(9-15)11-4-2-3-5-11/h6-8,11,13,16H,2-5,9,15H2,1H3. The molecule has 122 valence electrons. The van der Waals surface area contributed by atoms with E-state index in [0.29, 0.717) is 5.56 Å². The molecular formula is C14H21N3O4S. The predicted octanol–water partition coefficient (Wildman–Crippen LogP) is 1.70. The van der Waals surface area contributed by atoms with Crippen molar-refractivity contribution in [2.45, 2.75) is 43.5 Å². The van der Waals surface area contributed by atoms with Crippen molar-refractivity contribution in [2.75, 3.05) is 6.54 Å². The number of hydrogen-bond acceptors (Lipinski definition) is 5. The molecule has 1 aliphatic rings. The number of nitrogens with two attached hydrogens (primary N) is 1. The molecule has 0 radical (unpaired) electrons. The highest BCUT2D eigenvalue weighted by atomic mass is 32.2. The Bertz CT molecular complexity index is 654. The van der Waals surface area contributed by atoms with E-state index < -0.39 is 14.9 Å². The number of nitro groups is 1. The molecule has 22 heavy (non-hydrogen) atoms. The zero-order chi connectivity index (χ0) is 16.3. The van der Waals surface area contributed by atoms with Gasteiger partial charge in [0.25, 0.3) is 5.69 Å². The van der Waals surface area contributed by atoms with Gasteiger partial charge in [0.1, 0.15) is 0 Å². The molecule has 1 fully saturated rings. The Balaban J connectivity index is 2.24. The van der Waals surface area contributed by atoms with Crippen LogP contribution >= 0.6 is 0 Å². The SMILES string of the molecule is Cc1cc([N+](=O)[O-])ccc1S(=O)(=O)NC(CN)C1CCCC1. The van der Waals surface area contributed by atoms with Gasteiger partial charge in [-0.2, -0.15) is 0 Å². The first-order valence-electron chi connectivity index (χ1n) is 7.32. The summed E-state index contributed by atoms with van der Waals surface area (Å²) >= 11 is 0. The van der Waals surface area contributed by atoms with Crippen molar-refractivity contribution in [3.8, 4) is 0 Å². The lowest BCUT2D eigenvalue weighted by atomic mass is 9.99. The molecule has 0 aliphatic heterocycles. The van der Waals surface area contributed by atoms with Gasteiger partial charge in [-0.3, -0.25) is 10.1 Å². The molecule has 3 N–H and O–H groups in total. The van der Waals surface area contributed by atoms with Crippen molar-refractivity contribution >= 4 is 15.7 Å². The molecular weight excluding hydrogens is 306 g/mol. The normalized spacial score (nSPS) is 17.5. The highest BCUT2D eigenvalue weighted by Gasteiger charge is 2.29. The van der Waals surface area contributed by atoms with Gasteiger partial charge in [-0.05, 0) is 37.3 Å². The van der Waals surface area contributed by atoms with Crippen LogP contribution in [0.5, 0.6) is 0 Å². The van der Waals surface area contributed by atoms with E-state index in [1.165, 1.54) is 18.2 Å². The molecule has 1 aliphatic carbocycles. The van der Waals surface area contributed by atoms with Gasteiger partial charge >= 0.3 is 0 Å². The molecule has 1 unspecified atom stereocenters. The topological polar surface area (TPSA) is 115 Å². The van der Waals surface area contributed by atoms with Crippen LogP contribution < -0.4 is 10.5 Å². The third-order valence-corrected chi connectivity index (χ3v) is 5.84. The van der Waals surface area contributed by atoms with Crippen molar-refractivity contribution in [1.29, 1.82) is 0 Å². The van der Waals surface area contributed by atoms with Crippen LogP contribution in [0.4, 0.5) is 5.69 Å². The predicted molar refractivity (Wildman–Crippen MR) is 83.0 cm³/mol. The number of non-ortho nitro benzene ring substituents is 1. The summed E-state index contributed by atoms with van der Waals surface area (Å²) in [6.45, 7) is 1.80. The van der Waals surface area contributed by atoms with E-state index in [9.17, 15) is 18.5 Å². The Hall–Kier alpha value is -1.51. The van der Waals surface area contributed by atoms with E-state index in [4.69, 9.17) is 5.73 Å². The minimum atomic E-state index is -3.73. The molecule has 1 atom stereocenters. The Kier molecular flexibility index (Phi) is 5.15. The Labute approximate surface area is 130 Å². The minimum absolute atomic E-state index is 0.0644. The zero-order valence-corrected chi connectivity index (χ0v) is 13.3. The van der Waals surface area contributed by atoms with Crippen molar-refractivity contribution < 1.29 is 13.3 Å². The summed E-state index contributed by atoms with van der Waals surface area (Å²) in [7, 11) is -3.73. The number of nitrogens with zero attached hydrogens (tertiary/aromatic N) is 1. The fourth-order valence-corrected chi connectivity index (χ4v) is 4.55. The molecule has 0 saturated heterocycles. The molecule has 7 nitrogen and oxygen atoms in total. The van der Waals surface area contributed by atoms with Crippen molar-refractivity contribution in [3.63, 3.8) is 0 Å². The molecule has 0 amide bonds. The van der Waals surface area contributed by atoms with Crippen LogP contribution in [-0.4, -0.2) is 25.9 Å². The van der Waals surface area contributed by atoms with Gasteiger partial charge in [0.2, 0.25) is 10.0 Å². The maximum absolute atomic E-state index is 12.5. The fraction of sp³-hybridized carbons (Fsp3) is 0.571. The number of nitrogens with one attached hydrogen (secondary N) is 1. The lowest BCUT2D eigenvalue weighted by Crippen LogP contribution is -2.44. The second-order valence-electron chi connectivity index (χ2n) is 5.71. The summed E-state index contributed by atoms with van der Waals surface area (Å²) in [5.74, 6) is 0.262. The molecule has 0 bridgehead atoms. The van der Waals surface area contributed by atoms with Gasteiger partial charge in [0.15, 0.2) is 0 Å². The molecule has 1 aromatic carbocycles. The summed E-state index contributed by atoms with van der Waals surface area (Å²) in [4.78, 5) is 10.3. The molecule has 1 aromatic rings. The van der Waals surface area contributed by atoms with E-state index >= 15 is 0 Å². The second kappa shape index (κ2) is 6.72. The summed E-state index contributed by atoms with van der Waals surface area (Å²) in [6, 6.07) is 3.45. The molecule has 0 spiro atoms. The van der Waals surface area contributed by atoms with Crippen molar-refractivity contribution in [1.82, 2.24) is 4.72 Å². The Morgan fingerprint density at radius 1 is 1.41 bits per heavy atom. The van der Waals surface area contributed by atoms with Crippen LogP contribution in [0.15, 0.2) is 23.1 Å². The van der Waals surface area contributed by atoms with Crippen LogP contribution in [0.2, 0.25) is 0 Å². The number of rotatable bonds is 6. The number of benzene rings is 1. The molecule has 0 heterocycles. The summed E-state index contributed by atoms with van der Waals surface area (Å²) < 4.78 is 27.7. The zero-order valence-electron chi connectivity index (χ0n) is 12.5. The third-order valence-electron chi connectivity index (χ3n) is 4.19. The average Bonchev–Trinajstić information content (AvgIpc) is 2.98. The van der Waals surface area contributed by atoms with Crippen molar-refractivity contribution in [3.05, 3.63) is 33.9 Å². The first-order chi connectivity index (χ1) is 10.3. The van der Waals surface area contributed by atoms with Crippen molar-refractivity contribution in [2.24, 2.45) is 11.7 Å². The smallest absolute Gasteiger partial charge is 0.269 e. The quantitative estimate of drug-likeness (QED) is 0.609. The summed E-state index contributed by atoms with van der Waals surface area (Å²) in [6.07, 6.45) is 4.15. The number of aryl methyl sites for hydroxylation is 1. The first kappa shape index (κ1) is 16.9. The monoisotopic (exact) mass is 327 g/mol. The van der Waals surface area contributed by atoms with Gasteiger partial charge < -0.3 is 5.73 Å². The van der Waals surface area contributed by atoms with E-state index in [2.05, 4.69) is 4.72 Å². The highest BCUT2D eigenvalue weighted by Crippen LogP contribution is 2.29. The molecule has 1 saturated carbocycles. The lowest BCUT2D eigenvalue weighted by molar-refractivity contribution is -0.385. The average molecular weight is 327 g/mol. The Morgan fingerprint density at radius 3 is 2.55 bits per heavy atom. The van der Waals surface area contributed by atoms with E-state index in [0.717, 1.165) is 25.7 Å². The minimum Gasteiger partial charge on any atom is -0.329 e. The van der Waals surface area contributed by atoms with Crippen LogP contribution in [0.25, 0.3) is 0 Å². The van der Waals surface area contributed by atoms with Crippen LogP contribution in [0, 0.1) is 23.0 Å². The maximum atomic E-state index is 12.5. The van der Waals surface area contributed by atoms with Crippen LogP contribution in [0.1, 0.15) is 31.2 Å². The van der Waals surface area contributed by atoms with Gasteiger partial charge in [-0.15, -0.1) is 0 Å². The van der Waals surface area contributed by atoms with E-state index in [1.54, 1.807) is 6.92 Å². The molecule has 2 rings (SSSR count). The third kappa shape index (κ3) is 3.63. The largest absolute Gasteiger partial charge is 0.329 e. The van der Waals surface area contributed by atoms with Gasteiger partial charge in [0, 0.05) is 24.7 Å². The van der Waals surface area contributed by atoms with Crippen LogP contribution in [-0.2, 0) is 10.0 Å². The van der Waals surface area contributed by atoms with E-state index in [1.807, 2.05) is 0 Å². The maximum Gasteiger partial charge on any atom is 0.269 e. The number of sulfonamides is 1. The number of nitro benzene ring substituents is 1. The van der Waals surface area contributed by atoms with Gasteiger partial charge in [0.05, 0.1) is 9.82 Å².